The van der Waals surface area contributed by atoms with Gasteiger partial charge >= 0.3 is 0 Å². The van der Waals surface area contributed by atoms with Gasteiger partial charge in [-0.2, -0.15) is 11.8 Å². The number of methoxy groups -OCH3 is 1. The van der Waals surface area contributed by atoms with E-state index < -0.39 is 10.0 Å². The molecule has 7 heteroatoms. The van der Waals surface area contributed by atoms with Gasteiger partial charge in [-0.15, -0.1) is 0 Å². The van der Waals surface area contributed by atoms with Crippen molar-refractivity contribution >= 4 is 33.4 Å². The smallest absolute Gasteiger partial charge is 0.240 e. The first-order valence-electron chi connectivity index (χ1n) is 7.48. The maximum absolute atomic E-state index is 12.2. The first-order valence-corrected chi connectivity index (χ1v) is 10.4. The third-order valence-corrected chi connectivity index (χ3v) is 6.87. The van der Waals surface area contributed by atoms with Gasteiger partial charge in [0.15, 0.2) is 0 Å². The minimum atomic E-state index is -3.51. The third kappa shape index (κ3) is 5.05. The fourth-order valence-electron chi connectivity index (χ4n) is 2.53. The zero-order valence-corrected chi connectivity index (χ0v) is 15.1. The number of benzene rings is 1. The molecule has 1 aromatic rings. The van der Waals surface area contributed by atoms with E-state index >= 15 is 0 Å². The second-order valence-corrected chi connectivity index (χ2v) is 8.91. The molecule has 0 aliphatic heterocycles. The Bertz CT molecular complexity index is 586. The van der Waals surface area contributed by atoms with Crippen molar-refractivity contribution in [3.8, 4) is 5.75 Å². The van der Waals surface area contributed by atoms with E-state index in [1.54, 1.807) is 6.07 Å². The Balaban J connectivity index is 1.84. The summed E-state index contributed by atoms with van der Waals surface area (Å²) in [6.07, 6.45) is 6.44. The van der Waals surface area contributed by atoms with Gasteiger partial charge in [-0.1, -0.05) is 30.9 Å². The van der Waals surface area contributed by atoms with Gasteiger partial charge in [-0.25, -0.2) is 13.1 Å². The Morgan fingerprint density at radius 2 is 2.05 bits per heavy atom. The van der Waals surface area contributed by atoms with E-state index in [4.69, 9.17) is 16.3 Å². The molecule has 22 heavy (non-hydrogen) atoms. The third-order valence-electron chi connectivity index (χ3n) is 3.73. The molecule has 4 nitrogen and oxygen atoms in total. The summed E-state index contributed by atoms with van der Waals surface area (Å²) < 4.78 is 32.1. The summed E-state index contributed by atoms with van der Waals surface area (Å²) in [7, 11) is -2.02. The van der Waals surface area contributed by atoms with Crippen molar-refractivity contribution in [3.05, 3.63) is 23.2 Å². The van der Waals surface area contributed by atoms with Crippen LogP contribution < -0.4 is 9.46 Å². The molecule has 0 heterocycles. The highest BCUT2D eigenvalue weighted by Crippen LogP contribution is 2.28. The molecule has 1 aliphatic carbocycles. The Morgan fingerprint density at radius 3 is 2.68 bits per heavy atom. The highest BCUT2D eigenvalue weighted by Gasteiger charge is 2.17. The number of hydrogen-bond donors (Lipinski definition) is 1. The van der Waals surface area contributed by atoms with Gasteiger partial charge in [0.2, 0.25) is 10.0 Å². The molecular weight excluding hydrogens is 342 g/mol. The van der Waals surface area contributed by atoms with E-state index in [-0.39, 0.29) is 4.90 Å². The maximum atomic E-state index is 12.2. The zero-order chi connectivity index (χ0) is 16.0. The molecule has 2 rings (SSSR count). The number of rotatable bonds is 7. The van der Waals surface area contributed by atoms with Gasteiger partial charge in [0.25, 0.3) is 0 Å². The van der Waals surface area contributed by atoms with Crippen molar-refractivity contribution in [3.63, 3.8) is 0 Å². The van der Waals surface area contributed by atoms with Gasteiger partial charge < -0.3 is 4.74 Å². The van der Waals surface area contributed by atoms with Gasteiger partial charge in [0.1, 0.15) is 5.75 Å². The van der Waals surface area contributed by atoms with E-state index in [0.717, 1.165) is 5.75 Å². The Morgan fingerprint density at radius 1 is 1.32 bits per heavy atom. The first-order chi connectivity index (χ1) is 10.5. The summed E-state index contributed by atoms with van der Waals surface area (Å²) in [5.41, 5.74) is 0. The minimum Gasteiger partial charge on any atom is -0.495 e. The van der Waals surface area contributed by atoms with Gasteiger partial charge in [-0.05, 0) is 31.0 Å². The van der Waals surface area contributed by atoms with E-state index in [1.165, 1.54) is 51.3 Å². The monoisotopic (exact) mass is 363 g/mol. The van der Waals surface area contributed by atoms with Crippen LogP contribution in [0.4, 0.5) is 0 Å². The molecule has 1 N–H and O–H groups in total. The summed E-state index contributed by atoms with van der Waals surface area (Å²) in [6.45, 7) is 0.438. The van der Waals surface area contributed by atoms with E-state index in [9.17, 15) is 8.42 Å². The lowest BCUT2D eigenvalue weighted by Crippen LogP contribution is -2.26. The number of thioether (sulfide) groups is 1. The number of nitrogens with one attached hydrogen (secondary N) is 1. The molecule has 0 aromatic heterocycles. The van der Waals surface area contributed by atoms with Gasteiger partial charge in [0.05, 0.1) is 17.0 Å². The van der Waals surface area contributed by atoms with Crippen LogP contribution in [-0.4, -0.2) is 33.1 Å². The molecule has 124 valence electrons. The van der Waals surface area contributed by atoms with Crippen molar-refractivity contribution in [1.82, 2.24) is 4.72 Å². The standard InChI is InChI=1S/C15H22ClNO3S2/c1-20-15-8-7-13(11-14(15)16)22(18,19)17-9-10-21-12-5-3-2-4-6-12/h7-8,11-12,17H,2-6,9-10H2,1H3. The van der Waals surface area contributed by atoms with Crippen LogP contribution in [0, 0.1) is 0 Å². The molecular formula is C15H22ClNO3S2. The Hall–Kier alpha value is -0.430. The van der Waals surface area contributed by atoms with Gasteiger partial charge in [0, 0.05) is 17.5 Å². The van der Waals surface area contributed by atoms with E-state index in [2.05, 4.69) is 4.72 Å². The fraction of sp³-hybridized carbons (Fsp3) is 0.600. The van der Waals surface area contributed by atoms with Crippen molar-refractivity contribution in [2.45, 2.75) is 42.2 Å². The number of hydrogen-bond acceptors (Lipinski definition) is 4. The molecule has 0 spiro atoms. The lowest BCUT2D eigenvalue weighted by atomic mass is 10.0. The summed E-state index contributed by atoms with van der Waals surface area (Å²) in [5.74, 6) is 1.27. The summed E-state index contributed by atoms with van der Waals surface area (Å²) in [4.78, 5) is 0.168. The van der Waals surface area contributed by atoms with Gasteiger partial charge in [-0.3, -0.25) is 0 Å². The highest BCUT2D eigenvalue weighted by molar-refractivity contribution is 8.00. The molecule has 1 aliphatic rings. The van der Waals surface area contributed by atoms with Crippen molar-refractivity contribution < 1.29 is 13.2 Å². The fourth-order valence-corrected chi connectivity index (χ4v) is 5.26. The predicted octanol–water partition coefficient (Wildman–Crippen LogP) is 3.69. The summed E-state index contributed by atoms with van der Waals surface area (Å²) in [5, 5.41) is 0.982. The maximum Gasteiger partial charge on any atom is 0.240 e. The normalized spacial score (nSPS) is 16.6. The average molecular weight is 364 g/mol. The van der Waals surface area contributed by atoms with Crippen molar-refractivity contribution in [2.75, 3.05) is 19.4 Å². The highest BCUT2D eigenvalue weighted by atomic mass is 35.5. The SMILES string of the molecule is COc1ccc(S(=O)(=O)NCCSC2CCCCC2)cc1Cl. The molecule has 0 unspecified atom stereocenters. The summed E-state index contributed by atoms with van der Waals surface area (Å²) >= 11 is 7.85. The quantitative estimate of drug-likeness (QED) is 0.750. The molecule has 0 amide bonds. The minimum absolute atomic E-state index is 0.168. The lowest BCUT2D eigenvalue weighted by Gasteiger charge is -2.20. The molecule has 0 atom stereocenters. The van der Waals surface area contributed by atoms with Crippen LogP contribution in [0.3, 0.4) is 0 Å². The average Bonchev–Trinajstić information content (AvgIpc) is 2.52. The first kappa shape index (κ1) is 17.9. The van der Waals surface area contributed by atoms with Crippen LogP contribution in [0.5, 0.6) is 5.75 Å². The molecule has 0 saturated heterocycles. The molecule has 1 aromatic carbocycles. The van der Waals surface area contributed by atoms with Crippen LogP contribution in [0.25, 0.3) is 0 Å². The Labute approximate surface area is 142 Å². The summed E-state index contributed by atoms with van der Waals surface area (Å²) in [6, 6.07) is 4.48. The number of halogens is 1. The second-order valence-electron chi connectivity index (χ2n) is 5.32. The zero-order valence-electron chi connectivity index (χ0n) is 12.7. The van der Waals surface area contributed by atoms with Crippen LogP contribution >= 0.6 is 23.4 Å². The van der Waals surface area contributed by atoms with Crippen LogP contribution in [-0.2, 0) is 10.0 Å². The number of ether oxygens (including phenoxy) is 1. The van der Waals surface area contributed by atoms with Crippen LogP contribution in [0.15, 0.2) is 23.1 Å². The lowest BCUT2D eigenvalue weighted by molar-refractivity contribution is 0.414. The van der Waals surface area contributed by atoms with E-state index in [0.29, 0.717) is 22.6 Å². The van der Waals surface area contributed by atoms with Crippen LogP contribution in [0.2, 0.25) is 5.02 Å². The van der Waals surface area contributed by atoms with Crippen LogP contribution in [0.1, 0.15) is 32.1 Å². The molecule has 0 bridgehead atoms. The largest absolute Gasteiger partial charge is 0.495 e. The van der Waals surface area contributed by atoms with Crippen molar-refractivity contribution in [2.24, 2.45) is 0 Å². The number of sulfonamides is 1. The molecule has 1 fully saturated rings. The second kappa shape index (κ2) is 8.43. The molecule has 1 saturated carbocycles. The van der Waals surface area contributed by atoms with Crippen molar-refractivity contribution in [1.29, 1.82) is 0 Å². The van der Waals surface area contributed by atoms with E-state index in [1.807, 2.05) is 11.8 Å². The predicted molar refractivity (Wildman–Crippen MR) is 92.5 cm³/mol. The molecule has 0 radical (unpaired) electrons. The Kier molecular flexibility index (Phi) is 6.87. The topological polar surface area (TPSA) is 55.4 Å².